The predicted molar refractivity (Wildman–Crippen MR) is 115 cm³/mol. The first-order chi connectivity index (χ1) is 14.6. The summed E-state index contributed by atoms with van der Waals surface area (Å²) < 4.78 is 62.4. The molecule has 0 aromatic rings. The van der Waals surface area contributed by atoms with Crippen LogP contribution < -0.4 is 128 Å². The maximum Gasteiger partial charge on any atom is 1.00 e. The number of unbranched alkanes of at least 4 members (excludes halogenated alkanes) is 2. The third kappa shape index (κ3) is 53.1. The van der Waals surface area contributed by atoms with Gasteiger partial charge < -0.3 is 28.9 Å². The second kappa shape index (κ2) is 34.0. The fraction of sp³-hybridized carbons (Fsp3) is 0.900. The number of carbonyl (C=O) groups excluding carboxylic acids is 2. The van der Waals surface area contributed by atoms with Crippen molar-refractivity contribution in [1.82, 2.24) is 0 Å². The van der Waals surface area contributed by atoms with Gasteiger partial charge >= 0.3 is 118 Å². The minimum Gasteiger partial charge on any atom is -0.748 e. The molecule has 194 valence electrons. The molecular formula is C20H38Na4O10S2. The SMILES string of the molecule is CCCCC(CC)CS(=O)(=O)[O-].CCCCC(CC)CS(=O)(=O)[O-].O=C([O-])CCC(=O)[O-].[Na+].[Na+].[Na+].[Na+]. The summed E-state index contributed by atoms with van der Waals surface area (Å²) in [5.74, 6) is -2.99. The van der Waals surface area contributed by atoms with Gasteiger partial charge in [-0.3, -0.25) is 0 Å². The second-order valence-corrected chi connectivity index (χ2v) is 10.4. The van der Waals surface area contributed by atoms with Gasteiger partial charge in [-0.15, -0.1) is 0 Å². The van der Waals surface area contributed by atoms with E-state index in [0.717, 1.165) is 51.4 Å². The van der Waals surface area contributed by atoms with Crippen LogP contribution in [0.2, 0.25) is 0 Å². The molecule has 0 aliphatic rings. The minimum atomic E-state index is -4.02. The maximum absolute atomic E-state index is 10.4. The average molecular weight is 595 g/mol. The Bertz CT molecular complexity index is 645. The monoisotopic (exact) mass is 594 g/mol. The van der Waals surface area contributed by atoms with Gasteiger partial charge in [-0.1, -0.05) is 66.2 Å². The van der Waals surface area contributed by atoms with E-state index in [2.05, 4.69) is 13.8 Å². The maximum atomic E-state index is 10.4. The van der Waals surface area contributed by atoms with E-state index < -0.39 is 45.0 Å². The molecule has 0 heterocycles. The van der Waals surface area contributed by atoms with Crippen LogP contribution in [0.1, 0.15) is 91.9 Å². The fourth-order valence-corrected chi connectivity index (χ4v) is 4.54. The molecule has 0 spiro atoms. The van der Waals surface area contributed by atoms with Crippen molar-refractivity contribution in [3.63, 3.8) is 0 Å². The van der Waals surface area contributed by atoms with E-state index in [4.69, 9.17) is 0 Å². The molecule has 10 nitrogen and oxygen atoms in total. The molecular weight excluding hydrogens is 556 g/mol. The first-order valence-corrected chi connectivity index (χ1v) is 14.0. The normalized spacial score (nSPS) is 11.6. The van der Waals surface area contributed by atoms with Gasteiger partial charge in [0, 0.05) is 23.4 Å². The number of carbonyl (C=O) groups is 2. The Morgan fingerprint density at radius 2 is 0.861 bits per heavy atom. The Labute approximate surface area is 307 Å². The third-order valence-electron chi connectivity index (χ3n) is 4.50. The molecule has 0 saturated carbocycles. The Morgan fingerprint density at radius 3 is 1.00 bits per heavy atom. The van der Waals surface area contributed by atoms with Crippen molar-refractivity contribution in [3.8, 4) is 0 Å². The Kier molecular flexibility index (Phi) is 51.7. The average Bonchev–Trinajstić information content (AvgIpc) is 2.66. The third-order valence-corrected chi connectivity index (χ3v) is 6.26. The van der Waals surface area contributed by atoms with Crippen molar-refractivity contribution < 1.29 is 164 Å². The van der Waals surface area contributed by atoms with Crippen LogP contribution in [0.3, 0.4) is 0 Å². The van der Waals surface area contributed by atoms with E-state index in [-0.39, 0.29) is 142 Å². The summed E-state index contributed by atoms with van der Waals surface area (Å²) in [7, 11) is -8.03. The van der Waals surface area contributed by atoms with E-state index in [1.807, 2.05) is 13.8 Å². The first kappa shape index (κ1) is 54.8. The summed E-state index contributed by atoms with van der Waals surface area (Å²) in [5.41, 5.74) is 0. The van der Waals surface area contributed by atoms with Crippen LogP contribution in [0.25, 0.3) is 0 Å². The number of aliphatic carboxylic acids is 2. The largest absolute Gasteiger partial charge is 1.00 e. The standard InChI is InChI=1S/2C8H18O3S.C4H6O4.4Na/c2*1-3-5-6-8(4-2)7-12(9,10)11;5-3(6)1-2-4(7)8;;;;/h2*8H,3-7H2,1-2H3,(H,9,10,11);1-2H2,(H,5,6)(H,7,8);;;;/q;;;4*+1/p-4. The molecule has 2 atom stereocenters. The molecule has 0 amide bonds. The molecule has 0 bridgehead atoms. The van der Waals surface area contributed by atoms with Crippen molar-refractivity contribution in [3.05, 3.63) is 0 Å². The quantitative estimate of drug-likeness (QED) is 0.130. The summed E-state index contributed by atoms with van der Waals surface area (Å²) in [5, 5.41) is 19.0. The predicted octanol–water partition coefficient (Wildman–Crippen LogP) is -11.2. The zero-order valence-corrected chi connectivity index (χ0v) is 33.2. The smallest absolute Gasteiger partial charge is 0.748 e. The van der Waals surface area contributed by atoms with Gasteiger partial charge in [-0.05, 0) is 37.5 Å². The van der Waals surface area contributed by atoms with E-state index in [1.54, 1.807) is 0 Å². The second-order valence-electron chi connectivity index (χ2n) is 7.53. The van der Waals surface area contributed by atoms with Gasteiger partial charge in [0.15, 0.2) is 0 Å². The van der Waals surface area contributed by atoms with Gasteiger partial charge in [-0.2, -0.15) is 0 Å². The molecule has 0 fully saturated rings. The Hall–Kier alpha value is 2.76. The Balaban J connectivity index is -0.0000000677. The van der Waals surface area contributed by atoms with Crippen LogP contribution in [0.5, 0.6) is 0 Å². The Morgan fingerprint density at radius 1 is 0.611 bits per heavy atom. The summed E-state index contributed by atoms with van der Waals surface area (Å²) >= 11 is 0. The van der Waals surface area contributed by atoms with E-state index in [0.29, 0.717) is 0 Å². The molecule has 2 unspecified atom stereocenters. The van der Waals surface area contributed by atoms with Crippen LogP contribution >= 0.6 is 0 Å². The van der Waals surface area contributed by atoms with Gasteiger partial charge in [0.25, 0.3) is 0 Å². The summed E-state index contributed by atoms with van der Waals surface area (Å²) in [6.45, 7) is 7.95. The van der Waals surface area contributed by atoms with Crippen LogP contribution in [0, 0.1) is 11.8 Å². The molecule has 36 heavy (non-hydrogen) atoms. The van der Waals surface area contributed by atoms with E-state index in [1.165, 1.54) is 0 Å². The van der Waals surface area contributed by atoms with Crippen molar-refractivity contribution in [2.24, 2.45) is 11.8 Å². The number of hydrogen-bond acceptors (Lipinski definition) is 10. The molecule has 0 aromatic heterocycles. The molecule has 16 heteroatoms. The first-order valence-electron chi connectivity index (χ1n) is 10.9. The molecule has 0 radical (unpaired) electrons. The number of rotatable bonds is 15. The summed E-state index contributed by atoms with van der Waals surface area (Å²) in [4.78, 5) is 19.0. The molecule has 0 aromatic carbocycles. The van der Waals surface area contributed by atoms with Crippen molar-refractivity contribution in [2.75, 3.05) is 11.5 Å². The molecule has 0 N–H and O–H groups in total. The van der Waals surface area contributed by atoms with Crippen LogP contribution in [0.4, 0.5) is 0 Å². The number of hydrogen-bond donors (Lipinski definition) is 0. The van der Waals surface area contributed by atoms with Gasteiger partial charge in [0.2, 0.25) is 0 Å². The van der Waals surface area contributed by atoms with E-state index >= 15 is 0 Å². The minimum absolute atomic E-state index is 0. The van der Waals surface area contributed by atoms with Crippen LogP contribution in [-0.4, -0.2) is 49.4 Å². The van der Waals surface area contributed by atoms with Gasteiger partial charge in [0.1, 0.15) is 0 Å². The fourth-order valence-electron chi connectivity index (χ4n) is 2.58. The van der Waals surface area contributed by atoms with Crippen LogP contribution in [0.15, 0.2) is 0 Å². The molecule has 0 aliphatic carbocycles. The number of carboxylic acids is 2. The van der Waals surface area contributed by atoms with Crippen LogP contribution in [-0.2, 0) is 29.8 Å². The zero-order chi connectivity index (χ0) is 25.8. The molecule has 0 rings (SSSR count). The zero-order valence-electron chi connectivity index (χ0n) is 23.5. The van der Waals surface area contributed by atoms with Crippen molar-refractivity contribution in [2.45, 2.75) is 91.9 Å². The van der Waals surface area contributed by atoms with Crippen molar-refractivity contribution >= 4 is 32.2 Å². The summed E-state index contributed by atoms with van der Waals surface area (Å²) in [6, 6.07) is 0. The van der Waals surface area contributed by atoms with E-state index in [9.17, 15) is 45.7 Å². The van der Waals surface area contributed by atoms with Crippen molar-refractivity contribution in [1.29, 1.82) is 0 Å². The summed E-state index contributed by atoms with van der Waals surface area (Å²) in [6.07, 6.45) is 6.45. The number of carboxylic acid groups (broad SMARTS) is 2. The van der Waals surface area contributed by atoms with Gasteiger partial charge in [0.05, 0.1) is 20.2 Å². The molecule has 0 aliphatic heterocycles. The van der Waals surface area contributed by atoms with Gasteiger partial charge in [-0.25, -0.2) is 16.8 Å². The molecule has 0 saturated heterocycles. The topological polar surface area (TPSA) is 195 Å².